The summed E-state index contributed by atoms with van der Waals surface area (Å²) in [6.45, 7) is 33.1. The zero-order valence-electron chi connectivity index (χ0n) is 89.5. The van der Waals surface area contributed by atoms with Crippen LogP contribution < -0.4 is 28.4 Å². The number of fused-ring (bicyclic) bond motifs is 6. The van der Waals surface area contributed by atoms with Gasteiger partial charge >= 0.3 is 5.97 Å². The lowest BCUT2D eigenvalue weighted by molar-refractivity contribution is -0.151. The lowest BCUT2D eigenvalue weighted by Gasteiger charge is -2.46. The zero-order chi connectivity index (χ0) is 101. The van der Waals surface area contributed by atoms with E-state index < -0.39 is 12.2 Å². The van der Waals surface area contributed by atoms with Gasteiger partial charge in [-0.05, 0) is 375 Å². The first kappa shape index (κ1) is 106. The van der Waals surface area contributed by atoms with E-state index in [1.807, 2.05) is 48.5 Å². The third-order valence-corrected chi connectivity index (χ3v) is 37.5. The van der Waals surface area contributed by atoms with Crippen LogP contribution in [0.4, 0.5) is 0 Å². The number of ether oxygens (including phenoxy) is 18. The molecule has 6 aromatic rings. The van der Waals surface area contributed by atoms with Gasteiger partial charge in [0.15, 0.2) is 0 Å². The molecule has 800 valence electrons. The highest BCUT2D eigenvalue weighted by Crippen LogP contribution is 2.58. The van der Waals surface area contributed by atoms with E-state index in [-0.39, 0.29) is 65.8 Å². The average molecular weight is 2010 g/mol. The van der Waals surface area contributed by atoms with Crippen molar-refractivity contribution in [3.05, 3.63) is 179 Å². The van der Waals surface area contributed by atoms with Crippen LogP contribution in [0.15, 0.2) is 146 Å². The molecule has 0 aromatic heterocycles. The fourth-order valence-electron chi connectivity index (χ4n) is 25.6. The van der Waals surface area contributed by atoms with Crippen molar-refractivity contribution in [3.63, 3.8) is 0 Å². The minimum absolute atomic E-state index is 0.0434. The van der Waals surface area contributed by atoms with Crippen LogP contribution in [0.25, 0.3) is 0 Å². The van der Waals surface area contributed by atoms with E-state index in [2.05, 4.69) is 166 Å². The number of benzene rings is 6. The van der Waals surface area contributed by atoms with Crippen molar-refractivity contribution in [3.8, 4) is 34.5 Å². The third kappa shape index (κ3) is 29.8. The van der Waals surface area contributed by atoms with Crippen LogP contribution in [-0.2, 0) is 77.9 Å². The Hall–Kier alpha value is -6.93. The molecule has 11 saturated carbocycles. The molecule has 24 rings (SSSR count). The van der Waals surface area contributed by atoms with Crippen molar-refractivity contribution in [2.75, 3.05) is 99.1 Å². The van der Waals surface area contributed by atoms with Gasteiger partial charge in [0.1, 0.15) is 97.5 Å². The van der Waals surface area contributed by atoms with Crippen molar-refractivity contribution in [2.24, 2.45) is 81.8 Å². The van der Waals surface area contributed by atoms with Crippen LogP contribution in [-0.4, -0.2) is 213 Å². The molecular weight excluding hydrogens is 1840 g/mol. The van der Waals surface area contributed by atoms with Gasteiger partial charge in [-0.3, -0.25) is 4.79 Å². The Morgan fingerprint density at radius 3 is 0.973 bits per heavy atom. The van der Waals surface area contributed by atoms with E-state index >= 15 is 0 Å². The van der Waals surface area contributed by atoms with Gasteiger partial charge in [-0.1, -0.05) is 142 Å². The highest BCUT2D eigenvalue weighted by atomic mass is 16.6. The number of esters is 1. The smallest absolute Gasteiger partial charge is 0.309 e. The van der Waals surface area contributed by atoms with E-state index in [0.717, 1.165) is 180 Å². The molecule has 0 amide bonds. The number of aliphatic hydroxyl groups is 2. The Bertz CT molecular complexity index is 4750. The van der Waals surface area contributed by atoms with Gasteiger partial charge in [0.05, 0.1) is 140 Å². The quantitative estimate of drug-likeness (QED) is 0.0267. The summed E-state index contributed by atoms with van der Waals surface area (Å²) in [6, 6.07) is 49.8. The Balaban J connectivity index is 0.000000119. The van der Waals surface area contributed by atoms with Crippen LogP contribution in [0.3, 0.4) is 0 Å². The molecule has 17 atom stereocenters. The fraction of sp³-hybridized carbons (Fsp3) is 0.704. The Morgan fingerprint density at radius 2 is 0.610 bits per heavy atom. The second kappa shape index (κ2) is 47.8. The van der Waals surface area contributed by atoms with Gasteiger partial charge in [0, 0.05) is 16.2 Å². The number of hydrogen-bond donors (Lipinski definition) is 2. The Labute approximate surface area is 871 Å². The molecule has 18 fully saturated rings. The van der Waals surface area contributed by atoms with Gasteiger partial charge in [-0.15, -0.1) is 0 Å². The summed E-state index contributed by atoms with van der Waals surface area (Å²) in [6.07, 6.45) is 41.8. The normalized spacial score (nSPS) is 32.4. The molecule has 146 heavy (non-hydrogen) atoms. The number of aliphatic hydroxyl groups excluding tert-OH is 2. The molecule has 21 nitrogen and oxygen atoms in total. The molecular formula is C125H174O21. The van der Waals surface area contributed by atoms with Crippen molar-refractivity contribution < 1.29 is 100 Å². The maximum Gasteiger partial charge on any atom is 0.309 e. The predicted molar refractivity (Wildman–Crippen MR) is 563 cm³/mol. The molecule has 21 heteroatoms. The van der Waals surface area contributed by atoms with Crippen LogP contribution in [0.5, 0.6) is 34.5 Å². The lowest BCUT2D eigenvalue weighted by atomic mass is 9.60. The molecule has 17 unspecified atom stereocenters. The average Bonchev–Trinajstić information content (AvgIpc) is 1.56. The maximum absolute atomic E-state index is 12.0. The minimum atomic E-state index is -0.764. The molecule has 0 spiro atoms. The first-order valence-electron chi connectivity index (χ1n) is 57.5. The highest BCUT2D eigenvalue weighted by Gasteiger charge is 2.62. The number of carbonyl (C=O) groups is 1. The topological polar surface area (TPSA) is 247 Å². The first-order valence-corrected chi connectivity index (χ1v) is 57.5. The van der Waals surface area contributed by atoms with Crippen molar-refractivity contribution in [1.82, 2.24) is 0 Å². The van der Waals surface area contributed by atoms with E-state index in [4.69, 9.17) is 85.3 Å². The number of epoxide rings is 7. The summed E-state index contributed by atoms with van der Waals surface area (Å²) in [5.41, 5.74) is 7.66. The molecule has 7 heterocycles. The van der Waals surface area contributed by atoms with Crippen LogP contribution >= 0.6 is 0 Å². The van der Waals surface area contributed by atoms with Gasteiger partial charge in [0.2, 0.25) is 0 Å². The van der Waals surface area contributed by atoms with Gasteiger partial charge < -0.3 is 95.5 Å². The first-order chi connectivity index (χ1) is 70.6. The third-order valence-electron chi connectivity index (χ3n) is 37.5. The minimum Gasteiger partial charge on any atom is -0.493 e. The molecule has 11 aliphatic carbocycles. The summed E-state index contributed by atoms with van der Waals surface area (Å²) in [7, 11) is 0. The van der Waals surface area contributed by atoms with Crippen molar-refractivity contribution in [2.45, 2.75) is 376 Å². The monoisotopic (exact) mass is 2010 g/mol. The SMILES string of the molecule is C1C2CC3OC3C2CC2OC12.CC(C)(C1CCC(OCC(O)COC2CCC(C(C)(C)C3CCC(OCC4CO4)CC3)CC2)CC1)C1CCC(OCC2CO2)CC1.CC(C)(c1ccc(OCC(O)COc2ccc(C(C)(C)c3ccc(OCC4CO4)cc3)cc2)cc1)c1ccc(OCC2CC2)cc1.CC(C)(c1ccc(OCC2CC2)cc1)c1ccc(OCC2CO2)cc1.O=C(OCC1CCC2CC2C1)C1CCC2OC2C1. The molecule has 0 radical (unpaired) electrons. The standard InChI is InChI=1S/C40H46O6.C39H68O7.C22H26O3.C15H22O3.C9H12O2/c1-39(2,29-7-15-34(16-8-29)42-23-28-5-6-28)30-9-17-35(18-10-30)43-24-33(41)25-44-36-19-11-31(12-20-36)40(3,4)32-13-21-37(22-14-32)45-26-38-27-46-38;1-38(2,29-9-17-34(18-10-29)43-23-36-25-45-36)27-5-13-32(14-6-27)41-21-31(40)22-42-33-15-7-28(8-16-33)39(3,4)30-11-19-35(20-12-30)44-24-37-26-46-37;1-22(2,17-5-9-19(10-6-17)23-13-16-3-4-16)18-7-11-20(12-8-18)24-14-21-15-25-21;16-15(11-3-4-13-14(7-11)18-13)17-8-9-1-2-10-6-12(10)5-9;1-4-2-8-9(11-8)5(4)3-7-6(1)10-7/h7-22,28,33,38,41H,5-6,23-27H2,1-4H3;27-37,40H,5-26H2,1-4H3;5-12,16,21H,3-4,13-15H2,1-2H3;9-14H,1-8H2;4-9H,1-3H2. The Kier molecular flexibility index (Phi) is 34.7. The van der Waals surface area contributed by atoms with E-state index in [9.17, 15) is 15.0 Å². The number of rotatable bonds is 43. The number of hydrogen-bond acceptors (Lipinski definition) is 21. The van der Waals surface area contributed by atoms with Crippen LogP contribution in [0, 0.1) is 81.8 Å². The summed E-state index contributed by atoms with van der Waals surface area (Å²) in [5, 5.41) is 21.3. The zero-order valence-corrected chi connectivity index (χ0v) is 89.5. The lowest BCUT2D eigenvalue weighted by Crippen LogP contribution is -2.40. The molecule has 18 aliphatic rings. The van der Waals surface area contributed by atoms with E-state index in [1.54, 1.807) is 0 Å². The van der Waals surface area contributed by atoms with E-state index in [0.29, 0.717) is 122 Å². The second-order valence-corrected chi connectivity index (χ2v) is 50.0. The Morgan fingerprint density at radius 1 is 0.288 bits per heavy atom. The van der Waals surface area contributed by atoms with Gasteiger partial charge in [0.25, 0.3) is 0 Å². The predicted octanol–water partition coefficient (Wildman–Crippen LogP) is 23.3. The van der Waals surface area contributed by atoms with Crippen molar-refractivity contribution in [1.29, 1.82) is 0 Å². The fourth-order valence-corrected chi connectivity index (χ4v) is 25.6. The largest absolute Gasteiger partial charge is 0.493 e. The molecule has 7 aliphatic heterocycles. The molecule has 2 N–H and O–H groups in total. The van der Waals surface area contributed by atoms with E-state index in [1.165, 1.54) is 181 Å². The summed E-state index contributed by atoms with van der Waals surface area (Å²) in [5.74, 6) is 14.4. The highest BCUT2D eigenvalue weighted by molar-refractivity contribution is 5.72. The van der Waals surface area contributed by atoms with Gasteiger partial charge in [-0.2, -0.15) is 0 Å². The van der Waals surface area contributed by atoms with Crippen LogP contribution in [0.1, 0.15) is 295 Å². The molecule has 6 aromatic carbocycles. The summed E-state index contributed by atoms with van der Waals surface area (Å²) in [4.78, 5) is 12.0. The van der Waals surface area contributed by atoms with Crippen molar-refractivity contribution >= 4 is 5.97 Å². The summed E-state index contributed by atoms with van der Waals surface area (Å²) < 4.78 is 103. The van der Waals surface area contributed by atoms with Crippen LogP contribution in [0.2, 0.25) is 0 Å². The molecule has 0 bridgehead atoms. The van der Waals surface area contributed by atoms with Gasteiger partial charge in [-0.25, -0.2) is 0 Å². The summed E-state index contributed by atoms with van der Waals surface area (Å²) >= 11 is 0. The second-order valence-electron chi connectivity index (χ2n) is 50.0. The maximum atomic E-state index is 12.0. The number of carbonyl (C=O) groups excluding carboxylic acids is 1. The molecule has 7 saturated heterocycles.